The van der Waals surface area contributed by atoms with Gasteiger partial charge in [0.05, 0.1) is 0 Å². The molecule has 94 valence electrons. The molecule has 1 fully saturated rings. The largest absolute Gasteiger partial charge is 0.330 e. The zero-order valence-corrected chi connectivity index (χ0v) is 10.9. The van der Waals surface area contributed by atoms with Crippen molar-refractivity contribution in [3.8, 4) is 0 Å². The highest BCUT2D eigenvalue weighted by atomic mass is 35.5. The van der Waals surface area contributed by atoms with Crippen LogP contribution in [0.15, 0.2) is 18.2 Å². The molecule has 17 heavy (non-hydrogen) atoms. The van der Waals surface area contributed by atoms with E-state index in [-0.39, 0.29) is 11.2 Å². The van der Waals surface area contributed by atoms with Gasteiger partial charge >= 0.3 is 0 Å². The molecule has 0 unspecified atom stereocenters. The van der Waals surface area contributed by atoms with Crippen LogP contribution in [0.25, 0.3) is 0 Å². The second-order valence-corrected chi connectivity index (χ2v) is 5.67. The number of hydrogen-bond acceptors (Lipinski definition) is 1. The Morgan fingerprint density at radius 3 is 2.59 bits per heavy atom. The van der Waals surface area contributed by atoms with Gasteiger partial charge in [-0.1, -0.05) is 24.6 Å². The summed E-state index contributed by atoms with van der Waals surface area (Å²) in [7, 11) is 0. The Bertz CT molecular complexity index is 377. The average molecular weight is 256 g/mol. The van der Waals surface area contributed by atoms with Crippen molar-refractivity contribution in [1.29, 1.82) is 0 Å². The lowest BCUT2D eigenvalue weighted by atomic mass is 9.67. The van der Waals surface area contributed by atoms with Gasteiger partial charge in [0.25, 0.3) is 0 Å². The van der Waals surface area contributed by atoms with Crippen LogP contribution in [0.5, 0.6) is 0 Å². The van der Waals surface area contributed by atoms with Crippen LogP contribution in [0.1, 0.15) is 38.2 Å². The van der Waals surface area contributed by atoms with Crippen LogP contribution in [-0.4, -0.2) is 6.54 Å². The Morgan fingerprint density at radius 1 is 1.41 bits per heavy atom. The molecule has 2 rings (SSSR count). The molecule has 0 radical (unpaired) electrons. The molecular formula is C14H19ClFN. The molecule has 0 bridgehead atoms. The zero-order valence-electron chi connectivity index (χ0n) is 10.2. The average Bonchev–Trinajstić information content (AvgIpc) is 2.32. The summed E-state index contributed by atoms with van der Waals surface area (Å²) in [6.07, 6.45) is 4.07. The topological polar surface area (TPSA) is 26.0 Å². The fraction of sp³-hybridized carbons (Fsp3) is 0.571. The molecule has 0 heterocycles. The molecule has 1 aromatic carbocycles. The third-order valence-corrected chi connectivity index (χ3v) is 4.43. The van der Waals surface area contributed by atoms with Gasteiger partial charge in [-0.25, -0.2) is 4.39 Å². The van der Waals surface area contributed by atoms with Crippen molar-refractivity contribution in [2.24, 2.45) is 11.7 Å². The summed E-state index contributed by atoms with van der Waals surface area (Å²) >= 11 is 6.17. The van der Waals surface area contributed by atoms with Gasteiger partial charge in [-0.3, -0.25) is 0 Å². The summed E-state index contributed by atoms with van der Waals surface area (Å²) in [6, 6.07) is 4.89. The van der Waals surface area contributed by atoms with Gasteiger partial charge in [0, 0.05) is 22.5 Å². The lowest BCUT2D eigenvalue weighted by Gasteiger charge is -2.39. The van der Waals surface area contributed by atoms with Crippen molar-refractivity contribution in [3.63, 3.8) is 0 Å². The van der Waals surface area contributed by atoms with Gasteiger partial charge in [0.15, 0.2) is 0 Å². The van der Waals surface area contributed by atoms with Crippen molar-refractivity contribution in [3.05, 3.63) is 34.6 Å². The summed E-state index contributed by atoms with van der Waals surface area (Å²) in [5.74, 6) is 0.498. The van der Waals surface area contributed by atoms with Crippen molar-refractivity contribution >= 4 is 11.6 Å². The molecule has 1 saturated carbocycles. The zero-order chi connectivity index (χ0) is 12.5. The Kier molecular flexibility index (Phi) is 3.74. The Labute approximate surface area is 107 Å². The summed E-state index contributed by atoms with van der Waals surface area (Å²) in [6.45, 7) is 2.71. The van der Waals surface area contributed by atoms with Gasteiger partial charge in [-0.2, -0.15) is 0 Å². The van der Waals surface area contributed by atoms with Crippen molar-refractivity contribution in [1.82, 2.24) is 0 Å². The van der Waals surface area contributed by atoms with Crippen LogP contribution in [-0.2, 0) is 5.41 Å². The molecule has 0 saturated heterocycles. The van der Waals surface area contributed by atoms with Crippen molar-refractivity contribution in [2.45, 2.75) is 38.0 Å². The third-order valence-electron chi connectivity index (χ3n) is 4.12. The minimum atomic E-state index is -0.255. The first-order valence-electron chi connectivity index (χ1n) is 6.23. The molecule has 1 aliphatic carbocycles. The molecule has 0 amide bonds. The van der Waals surface area contributed by atoms with Crippen molar-refractivity contribution in [2.75, 3.05) is 6.54 Å². The van der Waals surface area contributed by atoms with Gasteiger partial charge in [0.2, 0.25) is 0 Å². The predicted molar refractivity (Wildman–Crippen MR) is 69.8 cm³/mol. The minimum Gasteiger partial charge on any atom is -0.330 e. The maximum Gasteiger partial charge on any atom is 0.128 e. The van der Waals surface area contributed by atoms with Gasteiger partial charge in [-0.05, 0) is 43.7 Å². The highest BCUT2D eigenvalue weighted by Gasteiger charge is 2.38. The molecule has 1 nitrogen and oxygen atoms in total. The normalized spacial score (nSPS) is 29.3. The van der Waals surface area contributed by atoms with E-state index in [4.69, 9.17) is 17.3 Å². The Hall–Kier alpha value is -0.600. The fourth-order valence-electron chi connectivity index (χ4n) is 2.88. The van der Waals surface area contributed by atoms with E-state index < -0.39 is 0 Å². The molecule has 1 aliphatic rings. The lowest BCUT2D eigenvalue weighted by molar-refractivity contribution is 0.242. The molecule has 0 spiro atoms. The Morgan fingerprint density at radius 2 is 2.06 bits per heavy atom. The molecule has 0 atom stereocenters. The van der Waals surface area contributed by atoms with Crippen LogP contribution >= 0.6 is 11.6 Å². The molecular weight excluding hydrogens is 237 g/mol. The summed E-state index contributed by atoms with van der Waals surface area (Å²) in [4.78, 5) is 0. The first-order chi connectivity index (χ1) is 8.09. The lowest BCUT2D eigenvalue weighted by Crippen LogP contribution is -2.39. The van der Waals surface area contributed by atoms with Crippen LogP contribution in [0.3, 0.4) is 0 Å². The Balaban J connectivity index is 2.41. The maximum absolute atomic E-state index is 14.0. The maximum atomic E-state index is 14.0. The molecule has 2 N–H and O–H groups in total. The third kappa shape index (κ3) is 2.34. The van der Waals surface area contributed by atoms with E-state index in [1.165, 1.54) is 6.07 Å². The van der Waals surface area contributed by atoms with Crippen LogP contribution in [0.4, 0.5) is 4.39 Å². The SMILES string of the molecule is CC1CCC(CN)(c2c(F)cccc2Cl)CC1. The molecule has 0 aromatic heterocycles. The van der Waals surface area contributed by atoms with E-state index in [2.05, 4.69) is 6.92 Å². The van der Waals surface area contributed by atoms with E-state index in [1.54, 1.807) is 12.1 Å². The molecule has 3 heteroatoms. The predicted octanol–water partition coefficient (Wildman–Crippen LogP) is 3.89. The molecule has 0 aliphatic heterocycles. The highest BCUT2D eigenvalue weighted by Crippen LogP contribution is 2.44. The van der Waals surface area contributed by atoms with E-state index >= 15 is 0 Å². The van der Waals surface area contributed by atoms with E-state index in [1.807, 2.05) is 0 Å². The number of benzene rings is 1. The summed E-state index contributed by atoms with van der Waals surface area (Å²) < 4.78 is 14.0. The van der Waals surface area contributed by atoms with Crippen LogP contribution in [0, 0.1) is 11.7 Å². The second kappa shape index (κ2) is 4.95. The van der Waals surface area contributed by atoms with E-state index in [0.29, 0.717) is 23.0 Å². The summed E-state index contributed by atoms with van der Waals surface area (Å²) in [5.41, 5.74) is 6.31. The van der Waals surface area contributed by atoms with Crippen LogP contribution in [0.2, 0.25) is 5.02 Å². The van der Waals surface area contributed by atoms with Gasteiger partial charge < -0.3 is 5.73 Å². The number of halogens is 2. The summed E-state index contributed by atoms with van der Waals surface area (Å²) in [5, 5.41) is 0.519. The van der Waals surface area contributed by atoms with Gasteiger partial charge in [-0.15, -0.1) is 0 Å². The highest BCUT2D eigenvalue weighted by molar-refractivity contribution is 6.31. The standard InChI is InChI=1S/C14H19ClFN/c1-10-5-7-14(9-17,8-6-10)13-11(15)3-2-4-12(13)16/h2-4,10H,5-9,17H2,1H3. The van der Waals surface area contributed by atoms with Gasteiger partial charge in [0.1, 0.15) is 5.82 Å². The first-order valence-corrected chi connectivity index (χ1v) is 6.61. The van der Waals surface area contributed by atoms with E-state index in [9.17, 15) is 4.39 Å². The first kappa shape index (κ1) is 12.8. The number of rotatable bonds is 2. The monoisotopic (exact) mass is 255 g/mol. The fourth-order valence-corrected chi connectivity index (χ4v) is 3.24. The number of hydrogen-bond donors (Lipinski definition) is 1. The second-order valence-electron chi connectivity index (χ2n) is 5.26. The van der Waals surface area contributed by atoms with E-state index in [0.717, 1.165) is 25.7 Å². The van der Waals surface area contributed by atoms with Crippen molar-refractivity contribution < 1.29 is 4.39 Å². The molecule has 1 aromatic rings. The quantitative estimate of drug-likeness (QED) is 0.853. The minimum absolute atomic E-state index is 0.211. The smallest absolute Gasteiger partial charge is 0.128 e. The van der Waals surface area contributed by atoms with Crippen LogP contribution < -0.4 is 5.73 Å². The number of nitrogens with two attached hydrogens (primary N) is 1.